The van der Waals surface area contributed by atoms with Gasteiger partial charge in [-0.3, -0.25) is 4.79 Å². The zero-order chi connectivity index (χ0) is 15.7. The van der Waals surface area contributed by atoms with Crippen molar-refractivity contribution in [3.8, 4) is 0 Å². The summed E-state index contributed by atoms with van der Waals surface area (Å²) in [5, 5.41) is 17.6. The molecule has 0 saturated heterocycles. The van der Waals surface area contributed by atoms with Crippen LogP contribution >= 0.6 is 0 Å². The molecule has 2 N–H and O–H groups in total. The third-order valence-corrected chi connectivity index (χ3v) is 4.36. The minimum atomic E-state index is -1.01. The molecule has 5 heteroatoms. The van der Waals surface area contributed by atoms with Gasteiger partial charge in [0.05, 0.1) is 12.2 Å². The standard InChI is InChI=1S/C17H20N2O3/c1-11-15(12(2)22-19-11)16(20)18-10-17(21)9-5-7-13-6-3-4-8-14(13)17/h3-4,6,8,21H,5,7,9-10H2,1-2H3,(H,18,20)/t17-/m1/s1. The number of rotatable bonds is 3. The highest BCUT2D eigenvalue weighted by atomic mass is 16.5. The summed E-state index contributed by atoms with van der Waals surface area (Å²) in [5.41, 5.74) is 2.07. The molecule has 1 atom stereocenters. The summed E-state index contributed by atoms with van der Waals surface area (Å²) < 4.78 is 5.02. The summed E-state index contributed by atoms with van der Waals surface area (Å²) >= 11 is 0. The summed E-state index contributed by atoms with van der Waals surface area (Å²) in [7, 11) is 0. The molecule has 0 saturated carbocycles. The van der Waals surface area contributed by atoms with E-state index in [9.17, 15) is 9.90 Å². The summed E-state index contributed by atoms with van der Waals surface area (Å²) in [6.07, 6.45) is 2.52. The Morgan fingerprint density at radius 2 is 2.18 bits per heavy atom. The Hall–Kier alpha value is -2.14. The van der Waals surface area contributed by atoms with E-state index >= 15 is 0 Å². The van der Waals surface area contributed by atoms with Gasteiger partial charge in [-0.2, -0.15) is 0 Å². The first-order valence-corrected chi connectivity index (χ1v) is 7.53. The molecule has 116 valence electrons. The molecule has 2 aromatic rings. The molecule has 1 aromatic carbocycles. The molecule has 0 aliphatic heterocycles. The van der Waals surface area contributed by atoms with Crippen molar-refractivity contribution >= 4 is 5.91 Å². The monoisotopic (exact) mass is 300 g/mol. The van der Waals surface area contributed by atoms with Crippen LogP contribution in [0.3, 0.4) is 0 Å². The van der Waals surface area contributed by atoms with Crippen molar-refractivity contribution in [2.45, 2.75) is 38.7 Å². The van der Waals surface area contributed by atoms with Crippen LogP contribution in [0.2, 0.25) is 0 Å². The Balaban J connectivity index is 1.78. The molecule has 3 rings (SSSR count). The third kappa shape index (κ3) is 2.52. The fourth-order valence-corrected chi connectivity index (χ4v) is 3.20. The fourth-order valence-electron chi connectivity index (χ4n) is 3.20. The second-order valence-electron chi connectivity index (χ2n) is 5.92. The number of fused-ring (bicyclic) bond motifs is 1. The van der Waals surface area contributed by atoms with Gasteiger partial charge in [-0.1, -0.05) is 29.4 Å². The van der Waals surface area contributed by atoms with E-state index in [0.29, 0.717) is 23.4 Å². The van der Waals surface area contributed by atoms with Crippen molar-refractivity contribution in [2.75, 3.05) is 6.54 Å². The van der Waals surface area contributed by atoms with Crippen molar-refractivity contribution in [3.05, 3.63) is 52.4 Å². The number of hydrogen-bond acceptors (Lipinski definition) is 4. The Morgan fingerprint density at radius 1 is 1.41 bits per heavy atom. The quantitative estimate of drug-likeness (QED) is 0.911. The van der Waals surface area contributed by atoms with Crippen molar-refractivity contribution in [1.82, 2.24) is 10.5 Å². The zero-order valence-corrected chi connectivity index (χ0v) is 12.8. The molecule has 1 aliphatic carbocycles. The first-order valence-electron chi connectivity index (χ1n) is 7.53. The van der Waals surface area contributed by atoms with E-state index in [4.69, 9.17) is 4.52 Å². The molecule has 0 radical (unpaired) electrons. The summed E-state index contributed by atoms with van der Waals surface area (Å²) in [4.78, 5) is 12.3. The van der Waals surface area contributed by atoms with E-state index < -0.39 is 5.60 Å². The van der Waals surface area contributed by atoms with Gasteiger partial charge in [0.1, 0.15) is 16.9 Å². The minimum Gasteiger partial charge on any atom is -0.383 e. The number of carbonyl (C=O) groups is 1. The highest BCUT2D eigenvalue weighted by Gasteiger charge is 2.34. The molecule has 1 aromatic heterocycles. The smallest absolute Gasteiger partial charge is 0.256 e. The van der Waals surface area contributed by atoms with Crippen LogP contribution in [-0.2, 0) is 12.0 Å². The Kier molecular flexibility index (Phi) is 3.74. The summed E-state index contributed by atoms with van der Waals surface area (Å²) in [6.45, 7) is 3.63. The molecule has 5 nitrogen and oxygen atoms in total. The van der Waals surface area contributed by atoms with E-state index in [2.05, 4.69) is 10.5 Å². The lowest BCUT2D eigenvalue weighted by Gasteiger charge is -2.34. The maximum absolute atomic E-state index is 12.3. The second kappa shape index (κ2) is 5.57. The van der Waals surface area contributed by atoms with E-state index in [-0.39, 0.29) is 12.5 Å². The van der Waals surface area contributed by atoms with Crippen molar-refractivity contribution < 1.29 is 14.4 Å². The number of aliphatic hydroxyl groups is 1. The molecule has 22 heavy (non-hydrogen) atoms. The van der Waals surface area contributed by atoms with Crippen LogP contribution in [0.4, 0.5) is 0 Å². The van der Waals surface area contributed by atoms with Gasteiger partial charge in [0.2, 0.25) is 0 Å². The van der Waals surface area contributed by atoms with Gasteiger partial charge in [-0.05, 0) is 44.2 Å². The van der Waals surface area contributed by atoms with Gasteiger partial charge in [0.15, 0.2) is 0 Å². The van der Waals surface area contributed by atoms with E-state index in [1.807, 2.05) is 24.3 Å². The Labute approximate surface area is 129 Å². The maximum atomic E-state index is 12.3. The number of benzene rings is 1. The van der Waals surface area contributed by atoms with Gasteiger partial charge in [0, 0.05) is 0 Å². The minimum absolute atomic E-state index is 0.187. The van der Waals surface area contributed by atoms with E-state index in [0.717, 1.165) is 24.0 Å². The number of carbonyl (C=O) groups excluding carboxylic acids is 1. The summed E-state index contributed by atoms with van der Waals surface area (Å²) in [6, 6.07) is 7.88. The van der Waals surface area contributed by atoms with E-state index in [1.165, 1.54) is 0 Å². The number of amides is 1. The van der Waals surface area contributed by atoms with Gasteiger partial charge < -0.3 is 14.9 Å². The lowest BCUT2D eigenvalue weighted by Crippen LogP contribution is -2.43. The molecule has 1 amide bonds. The summed E-state index contributed by atoms with van der Waals surface area (Å²) in [5.74, 6) is 0.235. The van der Waals surface area contributed by atoms with E-state index in [1.54, 1.807) is 13.8 Å². The van der Waals surface area contributed by atoms with Crippen LogP contribution in [0.1, 0.15) is 45.8 Å². The number of hydrogen-bond donors (Lipinski definition) is 2. The molecule has 0 unspecified atom stereocenters. The van der Waals surface area contributed by atoms with Crippen LogP contribution < -0.4 is 5.32 Å². The molecular formula is C17H20N2O3. The predicted molar refractivity (Wildman–Crippen MR) is 81.6 cm³/mol. The lowest BCUT2D eigenvalue weighted by molar-refractivity contribution is 0.0189. The number of aryl methyl sites for hydroxylation is 3. The van der Waals surface area contributed by atoms with Gasteiger partial charge >= 0.3 is 0 Å². The van der Waals surface area contributed by atoms with Crippen molar-refractivity contribution in [1.29, 1.82) is 0 Å². The average molecular weight is 300 g/mol. The SMILES string of the molecule is Cc1noc(C)c1C(=O)NC[C@]1(O)CCCc2ccccc21. The third-order valence-electron chi connectivity index (χ3n) is 4.36. The highest BCUT2D eigenvalue weighted by molar-refractivity contribution is 5.96. The van der Waals surface area contributed by atoms with Crippen LogP contribution in [0.5, 0.6) is 0 Å². The first kappa shape index (κ1) is 14.8. The van der Waals surface area contributed by atoms with Crippen LogP contribution in [0.25, 0.3) is 0 Å². The molecular weight excluding hydrogens is 280 g/mol. The molecule has 1 heterocycles. The molecule has 1 aliphatic rings. The average Bonchev–Trinajstić information content (AvgIpc) is 2.85. The second-order valence-corrected chi connectivity index (χ2v) is 5.92. The van der Waals surface area contributed by atoms with Gasteiger partial charge in [0.25, 0.3) is 5.91 Å². The molecule has 0 fully saturated rings. The number of nitrogens with one attached hydrogen (secondary N) is 1. The lowest BCUT2D eigenvalue weighted by atomic mass is 9.79. The van der Waals surface area contributed by atoms with Crippen LogP contribution in [0, 0.1) is 13.8 Å². The normalized spacial score (nSPS) is 20.5. The van der Waals surface area contributed by atoms with Crippen molar-refractivity contribution in [2.24, 2.45) is 0 Å². The topological polar surface area (TPSA) is 75.4 Å². The Bertz CT molecular complexity index is 688. The largest absolute Gasteiger partial charge is 0.383 e. The predicted octanol–water partition coefficient (Wildman–Crippen LogP) is 2.25. The Morgan fingerprint density at radius 3 is 2.91 bits per heavy atom. The fraction of sp³-hybridized carbons (Fsp3) is 0.412. The molecule has 0 spiro atoms. The van der Waals surface area contributed by atoms with Gasteiger partial charge in [-0.15, -0.1) is 0 Å². The van der Waals surface area contributed by atoms with Crippen molar-refractivity contribution in [3.63, 3.8) is 0 Å². The first-order chi connectivity index (χ1) is 10.5. The number of nitrogens with zero attached hydrogens (tertiary/aromatic N) is 1. The van der Waals surface area contributed by atoms with Crippen LogP contribution in [-0.4, -0.2) is 22.7 Å². The molecule has 0 bridgehead atoms. The zero-order valence-electron chi connectivity index (χ0n) is 12.8. The highest BCUT2D eigenvalue weighted by Crippen LogP contribution is 2.34. The number of aromatic nitrogens is 1. The maximum Gasteiger partial charge on any atom is 0.256 e. The van der Waals surface area contributed by atoms with Gasteiger partial charge in [-0.25, -0.2) is 0 Å². The van der Waals surface area contributed by atoms with Crippen LogP contribution in [0.15, 0.2) is 28.8 Å².